The molecule has 0 fully saturated rings. The molecular formula is C15H14Br2FNO. The molecule has 2 rings (SSSR count). The van der Waals surface area contributed by atoms with Crippen LogP contribution in [0.25, 0.3) is 0 Å². The van der Waals surface area contributed by atoms with E-state index in [9.17, 15) is 4.39 Å². The molecule has 0 aliphatic carbocycles. The van der Waals surface area contributed by atoms with Crippen molar-refractivity contribution < 1.29 is 9.13 Å². The third-order valence-electron chi connectivity index (χ3n) is 3.02. The minimum Gasteiger partial charge on any atom is -0.494 e. The third-order valence-corrected chi connectivity index (χ3v) is 3.93. The molecule has 0 saturated heterocycles. The van der Waals surface area contributed by atoms with Gasteiger partial charge in [0.1, 0.15) is 0 Å². The van der Waals surface area contributed by atoms with E-state index < -0.39 is 0 Å². The second kappa shape index (κ2) is 6.70. The molecule has 1 atom stereocenters. The molecule has 106 valence electrons. The number of halogens is 3. The number of nitrogens with one attached hydrogen (secondary N) is 1. The van der Waals surface area contributed by atoms with E-state index >= 15 is 0 Å². The Morgan fingerprint density at radius 2 is 1.70 bits per heavy atom. The van der Waals surface area contributed by atoms with Crippen molar-refractivity contribution in [1.29, 1.82) is 0 Å². The van der Waals surface area contributed by atoms with E-state index in [1.54, 1.807) is 6.07 Å². The quantitative estimate of drug-likeness (QED) is 0.802. The van der Waals surface area contributed by atoms with Gasteiger partial charge in [-0.2, -0.15) is 0 Å². The summed E-state index contributed by atoms with van der Waals surface area (Å²) in [7, 11) is 3.31. The molecule has 0 saturated carbocycles. The summed E-state index contributed by atoms with van der Waals surface area (Å²) in [5.41, 5.74) is 1.88. The zero-order chi connectivity index (χ0) is 14.7. The molecule has 0 heterocycles. The molecule has 0 aliphatic heterocycles. The van der Waals surface area contributed by atoms with E-state index in [2.05, 4.69) is 37.2 Å². The summed E-state index contributed by atoms with van der Waals surface area (Å²) in [5, 5.41) is 3.20. The van der Waals surface area contributed by atoms with Crippen molar-refractivity contribution in [2.75, 3.05) is 14.2 Å². The third kappa shape index (κ3) is 3.40. The van der Waals surface area contributed by atoms with Crippen LogP contribution in [-0.2, 0) is 0 Å². The average Bonchev–Trinajstić information content (AvgIpc) is 2.38. The fraction of sp³-hybridized carbons (Fsp3) is 0.200. The van der Waals surface area contributed by atoms with E-state index in [1.807, 2.05) is 31.3 Å². The standard InChI is InChI=1S/C15H14Br2FNO/c1-19-15(10-5-11(16)8-12(17)6-10)9-3-4-14(20-2)13(18)7-9/h3-8,15,19H,1-2H3. The van der Waals surface area contributed by atoms with Gasteiger partial charge in [0.25, 0.3) is 0 Å². The van der Waals surface area contributed by atoms with Gasteiger partial charge in [0.05, 0.1) is 13.2 Å². The Labute approximate surface area is 134 Å². The molecular weight excluding hydrogens is 389 g/mol. The minimum absolute atomic E-state index is 0.0933. The SMILES string of the molecule is CNC(c1cc(Br)cc(Br)c1)c1ccc(OC)c(F)c1. The Morgan fingerprint density at radius 3 is 2.20 bits per heavy atom. The van der Waals surface area contributed by atoms with Gasteiger partial charge in [-0.05, 0) is 48.5 Å². The first kappa shape index (κ1) is 15.5. The number of rotatable bonds is 4. The maximum absolute atomic E-state index is 13.9. The van der Waals surface area contributed by atoms with Gasteiger partial charge in [-0.3, -0.25) is 0 Å². The highest BCUT2D eigenvalue weighted by atomic mass is 79.9. The van der Waals surface area contributed by atoms with E-state index in [-0.39, 0.29) is 17.6 Å². The minimum atomic E-state index is -0.362. The first-order chi connectivity index (χ1) is 9.55. The van der Waals surface area contributed by atoms with Crippen LogP contribution in [0.15, 0.2) is 45.3 Å². The van der Waals surface area contributed by atoms with Crippen molar-refractivity contribution in [2.24, 2.45) is 0 Å². The summed E-state index contributed by atoms with van der Waals surface area (Å²) in [5.74, 6) is -0.113. The monoisotopic (exact) mass is 401 g/mol. The average molecular weight is 403 g/mol. The highest BCUT2D eigenvalue weighted by Gasteiger charge is 2.15. The van der Waals surface area contributed by atoms with Gasteiger partial charge in [-0.1, -0.05) is 37.9 Å². The Balaban J connectivity index is 2.44. The second-order valence-electron chi connectivity index (χ2n) is 4.32. The van der Waals surface area contributed by atoms with Gasteiger partial charge >= 0.3 is 0 Å². The first-order valence-corrected chi connectivity index (χ1v) is 7.60. The summed E-state index contributed by atoms with van der Waals surface area (Å²) in [6.45, 7) is 0. The van der Waals surface area contributed by atoms with E-state index in [1.165, 1.54) is 13.2 Å². The Morgan fingerprint density at radius 1 is 1.05 bits per heavy atom. The Kier molecular flexibility index (Phi) is 5.18. The fourth-order valence-corrected chi connectivity index (χ4v) is 3.46. The number of benzene rings is 2. The first-order valence-electron chi connectivity index (χ1n) is 6.02. The van der Waals surface area contributed by atoms with E-state index in [4.69, 9.17) is 4.74 Å². The van der Waals surface area contributed by atoms with Crippen LogP contribution in [0, 0.1) is 5.82 Å². The molecule has 0 radical (unpaired) electrons. The van der Waals surface area contributed by atoms with Gasteiger partial charge in [-0.15, -0.1) is 0 Å². The lowest BCUT2D eigenvalue weighted by atomic mass is 9.98. The molecule has 1 N–H and O–H groups in total. The molecule has 0 spiro atoms. The number of ether oxygens (including phenoxy) is 1. The lowest BCUT2D eigenvalue weighted by Gasteiger charge is -2.18. The van der Waals surface area contributed by atoms with Crippen LogP contribution in [0.4, 0.5) is 4.39 Å². The summed E-state index contributed by atoms with van der Waals surface area (Å²) in [6, 6.07) is 10.9. The smallest absolute Gasteiger partial charge is 0.165 e. The molecule has 1 unspecified atom stereocenters. The topological polar surface area (TPSA) is 21.3 Å². The van der Waals surface area contributed by atoms with Crippen LogP contribution in [0.2, 0.25) is 0 Å². The highest BCUT2D eigenvalue weighted by Crippen LogP contribution is 2.30. The Hall–Kier alpha value is -0.910. The van der Waals surface area contributed by atoms with Gasteiger partial charge in [0.2, 0.25) is 0 Å². The summed E-state index contributed by atoms with van der Waals surface area (Å²) in [4.78, 5) is 0. The highest BCUT2D eigenvalue weighted by molar-refractivity contribution is 9.11. The predicted octanol–water partition coefficient (Wildman–Crippen LogP) is 4.67. The largest absolute Gasteiger partial charge is 0.494 e. The zero-order valence-corrected chi connectivity index (χ0v) is 14.3. The lowest BCUT2D eigenvalue weighted by molar-refractivity contribution is 0.386. The van der Waals surface area contributed by atoms with Crippen molar-refractivity contribution in [3.63, 3.8) is 0 Å². The van der Waals surface area contributed by atoms with Crippen molar-refractivity contribution in [3.8, 4) is 5.75 Å². The van der Waals surface area contributed by atoms with Crippen LogP contribution >= 0.6 is 31.9 Å². The van der Waals surface area contributed by atoms with Gasteiger partial charge in [-0.25, -0.2) is 4.39 Å². The predicted molar refractivity (Wildman–Crippen MR) is 85.7 cm³/mol. The molecule has 0 bridgehead atoms. The fourth-order valence-electron chi connectivity index (χ4n) is 2.13. The molecule has 5 heteroatoms. The van der Waals surface area contributed by atoms with Crippen LogP contribution in [0.3, 0.4) is 0 Å². The normalized spacial score (nSPS) is 12.2. The Bertz CT molecular complexity index is 599. The van der Waals surface area contributed by atoms with Crippen molar-refractivity contribution in [2.45, 2.75) is 6.04 Å². The number of hydrogen-bond donors (Lipinski definition) is 1. The summed E-state index contributed by atoms with van der Waals surface area (Å²) in [6.07, 6.45) is 0. The lowest BCUT2D eigenvalue weighted by Crippen LogP contribution is -2.18. The van der Waals surface area contributed by atoms with Crippen molar-refractivity contribution >= 4 is 31.9 Å². The summed E-state index contributed by atoms with van der Waals surface area (Å²) >= 11 is 6.94. The molecule has 2 aromatic rings. The van der Waals surface area contributed by atoms with Crippen LogP contribution < -0.4 is 10.1 Å². The zero-order valence-electron chi connectivity index (χ0n) is 11.1. The van der Waals surface area contributed by atoms with Crippen molar-refractivity contribution in [3.05, 3.63) is 62.3 Å². The molecule has 0 aliphatic rings. The molecule has 0 amide bonds. The van der Waals surface area contributed by atoms with Gasteiger partial charge < -0.3 is 10.1 Å². The summed E-state index contributed by atoms with van der Waals surface area (Å²) < 4.78 is 20.7. The number of hydrogen-bond acceptors (Lipinski definition) is 2. The molecule has 2 aromatic carbocycles. The maximum Gasteiger partial charge on any atom is 0.165 e. The molecule has 0 aromatic heterocycles. The van der Waals surface area contributed by atoms with E-state index in [0.29, 0.717) is 0 Å². The number of methoxy groups -OCH3 is 1. The van der Waals surface area contributed by atoms with Crippen molar-refractivity contribution in [1.82, 2.24) is 5.32 Å². The van der Waals surface area contributed by atoms with Gasteiger partial charge in [0, 0.05) is 8.95 Å². The van der Waals surface area contributed by atoms with Crippen LogP contribution in [0.1, 0.15) is 17.2 Å². The van der Waals surface area contributed by atoms with Crippen LogP contribution in [0.5, 0.6) is 5.75 Å². The maximum atomic E-state index is 13.9. The molecule has 2 nitrogen and oxygen atoms in total. The van der Waals surface area contributed by atoms with Gasteiger partial charge in [0.15, 0.2) is 11.6 Å². The molecule has 20 heavy (non-hydrogen) atoms. The van der Waals surface area contributed by atoms with Crippen LogP contribution in [-0.4, -0.2) is 14.2 Å². The van der Waals surface area contributed by atoms with E-state index in [0.717, 1.165) is 20.1 Å². The second-order valence-corrected chi connectivity index (χ2v) is 6.15.